The maximum atomic E-state index is 3.35. The highest BCUT2D eigenvalue weighted by Crippen LogP contribution is 2.29. The van der Waals surface area contributed by atoms with E-state index >= 15 is 0 Å². The first-order chi connectivity index (χ1) is 8.75. The molecule has 0 unspecified atom stereocenters. The Morgan fingerprint density at radius 1 is 0.889 bits per heavy atom. The smallest absolute Gasteiger partial charge is 0.0457 e. The maximum Gasteiger partial charge on any atom is 0.0457 e. The Balaban J connectivity index is 2.18. The number of aromatic amines is 1. The molecule has 1 heterocycles. The monoisotopic (exact) mass is 235 g/mol. The molecule has 0 saturated heterocycles. The average Bonchev–Trinajstić information content (AvgIpc) is 2.82. The third-order valence-corrected chi connectivity index (χ3v) is 3.44. The molecule has 0 spiro atoms. The van der Waals surface area contributed by atoms with Gasteiger partial charge in [0.25, 0.3) is 0 Å². The van der Waals surface area contributed by atoms with Crippen LogP contribution in [0.5, 0.6) is 0 Å². The molecule has 0 atom stereocenters. The second-order valence-corrected chi connectivity index (χ2v) is 5.03. The summed E-state index contributed by atoms with van der Waals surface area (Å²) in [5.74, 6) is 0.546. The highest BCUT2D eigenvalue weighted by molar-refractivity contribution is 5.88. The molecule has 0 aliphatic heterocycles. The van der Waals surface area contributed by atoms with Crippen LogP contribution in [0.4, 0.5) is 0 Å². The second kappa shape index (κ2) is 4.34. The second-order valence-electron chi connectivity index (χ2n) is 5.03. The van der Waals surface area contributed by atoms with Crippen LogP contribution in [-0.2, 0) is 0 Å². The zero-order valence-corrected chi connectivity index (χ0v) is 10.8. The van der Waals surface area contributed by atoms with Crippen LogP contribution in [-0.4, -0.2) is 4.98 Å². The first-order valence-corrected chi connectivity index (χ1v) is 6.42. The zero-order valence-electron chi connectivity index (χ0n) is 10.8. The molecule has 0 fully saturated rings. The van der Waals surface area contributed by atoms with E-state index in [0.717, 1.165) is 0 Å². The molecule has 1 nitrogen and oxygen atoms in total. The lowest BCUT2D eigenvalue weighted by Crippen LogP contribution is -1.84. The van der Waals surface area contributed by atoms with Crippen molar-refractivity contribution in [3.05, 3.63) is 60.3 Å². The lowest BCUT2D eigenvalue weighted by atomic mass is 9.98. The minimum atomic E-state index is 0.546. The molecule has 18 heavy (non-hydrogen) atoms. The summed E-state index contributed by atoms with van der Waals surface area (Å²) in [6.45, 7) is 4.47. The molecule has 0 bridgehead atoms. The van der Waals surface area contributed by atoms with Gasteiger partial charge in [-0.1, -0.05) is 50.2 Å². The Labute approximate surface area is 107 Å². The highest BCUT2D eigenvalue weighted by atomic mass is 14.7. The summed E-state index contributed by atoms with van der Waals surface area (Å²) in [5, 5.41) is 1.34. The molecular formula is C17H17N. The first kappa shape index (κ1) is 11.1. The van der Waals surface area contributed by atoms with Gasteiger partial charge in [-0.05, 0) is 34.7 Å². The lowest BCUT2D eigenvalue weighted by Gasteiger charge is -2.05. The number of aromatic nitrogens is 1. The van der Waals surface area contributed by atoms with Crippen LogP contribution in [0.15, 0.2) is 54.7 Å². The number of fused-ring (bicyclic) bond motifs is 1. The number of hydrogen-bond acceptors (Lipinski definition) is 0. The Morgan fingerprint density at radius 2 is 1.67 bits per heavy atom. The van der Waals surface area contributed by atoms with E-state index in [4.69, 9.17) is 0 Å². The van der Waals surface area contributed by atoms with E-state index in [-0.39, 0.29) is 0 Å². The third-order valence-electron chi connectivity index (χ3n) is 3.44. The number of rotatable bonds is 2. The summed E-state index contributed by atoms with van der Waals surface area (Å²) >= 11 is 0. The van der Waals surface area contributed by atoms with Crippen molar-refractivity contribution in [2.24, 2.45) is 0 Å². The van der Waals surface area contributed by atoms with Gasteiger partial charge in [0.1, 0.15) is 0 Å². The fourth-order valence-electron chi connectivity index (χ4n) is 2.43. The highest BCUT2D eigenvalue weighted by Gasteiger charge is 2.08. The summed E-state index contributed by atoms with van der Waals surface area (Å²) in [7, 11) is 0. The van der Waals surface area contributed by atoms with Gasteiger partial charge in [0.15, 0.2) is 0 Å². The molecule has 1 heteroatoms. The van der Waals surface area contributed by atoms with Gasteiger partial charge in [0, 0.05) is 17.1 Å². The lowest BCUT2D eigenvalue weighted by molar-refractivity contribution is 0.875. The quantitative estimate of drug-likeness (QED) is 0.646. The summed E-state index contributed by atoms with van der Waals surface area (Å²) in [4.78, 5) is 3.35. The Bertz CT molecular complexity index is 662. The summed E-state index contributed by atoms with van der Waals surface area (Å²) in [6.07, 6.45) is 2.13. The molecule has 0 aliphatic carbocycles. The van der Waals surface area contributed by atoms with Crippen LogP contribution in [0.3, 0.4) is 0 Å². The Hall–Kier alpha value is -2.02. The molecule has 0 saturated carbocycles. The largest absolute Gasteiger partial charge is 0.361 e. The molecule has 0 radical (unpaired) electrons. The van der Waals surface area contributed by atoms with Crippen LogP contribution >= 0.6 is 0 Å². The number of hydrogen-bond donors (Lipinski definition) is 1. The van der Waals surface area contributed by atoms with E-state index in [0.29, 0.717) is 5.92 Å². The van der Waals surface area contributed by atoms with Crippen LogP contribution < -0.4 is 0 Å². The average molecular weight is 235 g/mol. The number of benzene rings is 2. The van der Waals surface area contributed by atoms with Crippen molar-refractivity contribution >= 4 is 10.9 Å². The zero-order chi connectivity index (χ0) is 12.5. The van der Waals surface area contributed by atoms with Crippen LogP contribution in [0.2, 0.25) is 0 Å². The van der Waals surface area contributed by atoms with E-state index < -0.39 is 0 Å². The topological polar surface area (TPSA) is 15.8 Å². The molecule has 90 valence electrons. The fraction of sp³-hybridized carbons (Fsp3) is 0.176. The van der Waals surface area contributed by atoms with Gasteiger partial charge in [-0.15, -0.1) is 0 Å². The molecule has 1 N–H and O–H groups in total. The predicted molar refractivity (Wildman–Crippen MR) is 77.8 cm³/mol. The van der Waals surface area contributed by atoms with Gasteiger partial charge in [0.2, 0.25) is 0 Å². The third kappa shape index (κ3) is 1.82. The van der Waals surface area contributed by atoms with Gasteiger partial charge < -0.3 is 4.98 Å². The van der Waals surface area contributed by atoms with Crippen molar-refractivity contribution in [2.45, 2.75) is 19.8 Å². The van der Waals surface area contributed by atoms with E-state index in [1.807, 2.05) is 0 Å². The number of H-pyrrole nitrogens is 1. The van der Waals surface area contributed by atoms with E-state index in [2.05, 4.69) is 73.6 Å². The van der Waals surface area contributed by atoms with Crippen LogP contribution in [0.25, 0.3) is 22.0 Å². The molecule has 2 aromatic carbocycles. The van der Waals surface area contributed by atoms with Gasteiger partial charge in [-0.2, -0.15) is 0 Å². The molecule has 3 aromatic rings. The van der Waals surface area contributed by atoms with Crippen molar-refractivity contribution in [1.82, 2.24) is 4.98 Å². The van der Waals surface area contributed by atoms with E-state index in [9.17, 15) is 0 Å². The van der Waals surface area contributed by atoms with Crippen molar-refractivity contribution in [2.75, 3.05) is 0 Å². The van der Waals surface area contributed by atoms with Crippen molar-refractivity contribution in [3.8, 4) is 11.1 Å². The summed E-state index contributed by atoms with van der Waals surface area (Å²) in [6, 6.07) is 17.2. The SMILES string of the molecule is CC(C)c1c[nH]c2ccc(-c3ccccc3)cc12. The van der Waals surface area contributed by atoms with Crippen LogP contribution in [0, 0.1) is 0 Å². The molecule has 1 aromatic heterocycles. The fourth-order valence-corrected chi connectivity index (χ4v) is 2.43. The minimum absolute atomic E-state index is 0.546. The van der Waals surface area contributed by atoms with Crippen molar-refractivity contribution < 1.29 is 0 Å². The van der Waals surface area contributed by atoms with Crippen molar-refractivity contribution in [1.29, 1.82) is 0 Å². The maximum absolute atomic E-state index is 3.35. The van der Waals surface area contributed by atoms with Gasteiger partial charge in [-0.25, -0.2) is 0 Å². The van der Waals surface area contributed by atoms with Crippen LogP contribution in [0.1, 0.15) is 25.3 Å². The molecule has 0 amide bonds. The van der Waals surface area contributed by atoms with E-state index in [1.165, 1.54) is 27.6 Å². The Kier molecular flexibility index (Phi) is 2.67. The van der Waals surface area contributed by atoms with Gasteiger partial charge in [0.05, 0.1) is 0 Å². The van der Waals surface area contributed by atoms with Crippen molar-refractivity contribution in [3.63, 3.8) is 0 Å². The van der Waals surface area contributed by atoms with E-state index in [1.54, 1.807) is 0 Å². The molecule has 0 aliphatic rings. The van der Waals surface area contributed by atoms with Gasteiger partial charge >= 0.3 is 0 Å². The Morgan fingerprint density at radius 3 is 2.39 bits per heavy atom. The first-order valence-electron chi connectivity index (χ1n) is 6.42. The predicted octanol–water partition coefficient (Wildman–Crippen LogP) is 4.96. The number of nitrogens with one attached hydrogen (secondary N) is 1. The summed E-state index contributed by atoms with van der Waals surface area (Å²) < 4.78 is 0. The molecular weight excluding hydrogens is 218 g/mol. The molecule has 3 rings (SSSR count). The van der Waals surface area contributed by atoms with Gasteiger partial charge in [-0.3, -0.25) is 0 Å². The summed E-state index contributed by atoms with van der Waals surface area (Å²) in [5.41, 5.74) is 5.17. The standard InChI is InChI=1S/C17H17N/c1-12(2)16-11-18-17-9-8-14(10-15(16)17)13-6-4-3-5-7-13/h3-12,18H,1-2H3. The minimum Gasteiger partial charge on any atom is -0.361 e. The normalized spacial score (nSPS) is 11.3.